The summed E-state index contributed by atoms with van der Waals surface area (Å²) in [5.41, 5.74) is 2.15. The summed E-state index contributed by atoms with van der Waals surface area (Å²) in [6.07, 6.45) is 1.88. The molecule has 1 N–H and O–H groups in total. The molecular formula is C13H18O3. The van der Waals surface area contributed by atoms with Gasteiger partial charge in [0.05, 0.1) is 18.8 Å². The summed E-state index contributed by atoms with van der Waals surface area (Å²) in [7, 11) is 0. The van der Waals surface area contributed by atoms with E-state index < -0.39 is 0 Å². The average Bonchev–Trinajstić information content (AvgIpc) is 2.30. The third kappa shape index (κ3) is 3.35. The first-order valence-electron chi connectivity index (χ1n) is 5.56. The molecule has 1 aromatic rings. The van der Waals surface area contributed by atoms with Crippen molar-refractivity contribution in [3.8, 4) is 0 Å². The Morgan fingerprint density at radius 3 is 2.81 bits per heavy atom. The van der Waals surface area contributed by atoms with E-state index in [0.717, 1.165) is 24.0 Å². The highest BCUT2D eigenvalue weighted by molar-refractivity contribution is 5.91. The van der Waals surface area contributed by atoms with Crippen molar-refractivity contribution >= 4 is 5.97 Å². The lowest BCUT2D eigenvalue weighted by atomic mass is 10.1. The van der Waals surface area contributed by atoms with E-state index in [1.165, 1.54) is 0 Å². The molecule has 0 heterocycles. The van der Waals surface area contributed by atoms with Gasteiger partial charge in [-0.1, -0.05) is 25.5 Å². The van der Waals surface area contributed by atoms with Crippen LogP contribution in [0.3, 0.4) is 0 Å². The topological polar surface area (TPSA) is 46.5 Å². The fourth-order valence-corrected chi connectivity index (χ4v) is 1.37. The number of hydrogen-bond donors (Lipinski definition) is 1. The molecule has 0 amide bonds. The third-order valence-electron chi connectivity index (χ3n) is 2.44. The lowest BCUT2D eigenvalue weighted by Gasteiger charge is -2.07. The van der Waals surface area contributed by atoms with Gasteiger partial charge in [0.1, 0.15) is 0 Å². The molecule has 1 aromatic carbocycles. The molecule has 16 heavy (non-hydrogen) atoms. The standard InChI is InChI=1S/C13H18O3/c1-3-4-7-16-13(15)12-8-11(9-14)6-5-10(12)2/h5-6,8,14H,3-4,7,9H2,1-2H3. The van der Waals surface area contributed by atoms with E-state index in [4.69, 9.17) is 9.84 Å². The zero-order valence-corrected chi connectivity index (χ0v) is 9.82. The first-order chi connectivity index (χ1) is 7.69. The van der Waals surface area contributed by atoms with Crippen LogP contribution in [0.15, 0.2) is 18.2 Å². The van der Waals surface area contributed by atoms with Gasteiger partial charge in [0.2, 0.25) is 0 Å². The maximum absolute atomic E-state index is 11.7. The maximum Gasteiger partial charge on any atom is 0.338 e. The van der Waals surface area contributed by atoms with Crippen LogP contribution in [0.4, 0.5) is 0 Å². The molecule has 3 heteroatoms. The summed E-state index contributed by atoms with van der Waals surface area (Å²) in [6, 6.07) is 5.31. The Kier molecular flexibility index (Phi) is 4.99. The molecule has 0 saturated carbocycles. The summed E-state index contributed by atoms with van der Waals surface area (Å²) < 4.78 is 5.13. The van der Waals surface area contributed by atoms with Crippen LogP contribution >= 0.6 is 0 Å². The second-order valence-electron chi connectivity index (χ2n) is 3.80. The van der Waals surface area contributed by atoms with Crippen LogP contribution in [0, 0.1) is 6.92 Å². The molecule has 3 nitrogen and oxygen atoms in total. The number of carbonyl (C=O) groups excluding carboxylic acids is 1. The number of rotatable bonds is 5. The Morgan fingerprint density at radius 2 is 2.19 bits per heavy atom. The highest BCUT2D eigenvalue weighted by Crippen LogP contribution is 2.13. The molecule has 0 unspecified atom stereocenters. The summed E-state index contributed by atoms with van der Waals surface area (Å²) in [5, 5.41) is 9.00. The van der Waals surface area contributed by atoms with Crippen molar-refractivity contribution in [2.45, 2.75) is 33.3 Å². The largest absolute Gasteiger partial charge is 0.462 e. The Labute approximate surface area is 96.1 Å². The number of aliphatic hydroxyl groups excluding tert-OH is 1. The number of aryl methyl sites for hydroxylation is 1. The molecular weight excluding hydrogens is 204 g/mol. The van der Waals surface area contributed by atoms with E-state index in [1.807, 2.05) is 19.9 Å². The minimum atomic E-state index is -0.304. The molecule has 0 aliphatic carbocycles. The molecule has 0 aliphatic heterocycles. The summed E-state index contributed by atoms with van der Waals surface area (Å²) in [6.45, 7) is 4.30. The number of hydrogen-bond acceptors (Lipinski definition) is 3. The molecule has 0 atom stereocenters. The van der Waals surface area contributed by atoms with E-state index in [0.29, 0.717) is 12.2 Å². The van der Waals surface area contributed by atoms with Gasteiger partial charge >= 0.3 is 5.97 Å². The maximum atomic E-state index is 11.7. The quantitative estimate of drug-likeness (QED) is 0.615. The van der Waals surface area contributed by atoms with Crippen molar-refractivity contribution in [1.82, 2.24) is 0 Å². The van der Waals surface area contributed by atoms with E-state index in [9.17, 15) is 4.79 Å². The van der Waals surface area contributed by atoms with Crippen molar-refractivity contribution in [3.05, 3.63) is 34.9 Å². The fraction of sp³-hybridized carbons (Fsp3) is 0.462. The van der Waals surface area contributed by atoms with Crippen molar-refractivity contribution in [2.24, 2.45) is 0 Å². The van der Waals surface area contributed by atoms with Gasteiger partial charge in [0, 0.05) is 0 Å². The second-order valence-corrected chi connectivity index (χ2v) is 3.80. The predicted molar refractivity (Wildman–Crippen MR) is 62.3 cm³/mol. The van der Waals surface area contributed by atoms with Crippen molar-refractivity contribution < 1.29 is 14.6 Å². The van der Waals surface area contributed by atoms with Crippen LogP contribution in [0.1, 0.15) is 41.3 Å². The van der Waals surface area contributed by atoms with Gasteiger partial charge < -0.3 is 9.84 Å². The van der Waals surface area contributed by atoms with Crippen LogP contribution < -0.4 is 0 Å². The van der Waals surface area contributed by atoms with Crippen LogP contribution in [0.25, 0.3) is 0 Å². The Bertz CT molecular complexity index is 358. The van der Waals surface area contributed by atoms with Crippen molar-refractivity contribution in [1.29, 1.82) is 0 Å². The van der Waals surface area contributed by atoms with E-state index in [2.05, 4.69) is 0 Å². The first-order valence-corrected chi connectivity index (χ1v) is 5.56. The average molecular weight is 222 g/mol. The van der Waals surface area contributed by atoms with E-state index in [1.54, 1.807) is 12.1 Å². The monoisotopic (exact) mass is 222 g/mol. The first kappa shape index (κ1) is 12.7. The van der Waals surface area contributed by atoms with Gasteiger partial charge in [-0.2, -0.15) is 0 Å². The molecule has 0 saturated heterocycles. The van der Waals surface area contributed by atoms with Crippen LogP contribution in [0.5, 0.6) is 0 Å². The molecule has 1 rings (SSSR count). The summed E-state index contributed by atoms with van der Waals surface area (Å²) in [4.78, 5) is 11.7. The van der Waals surface area contributed by atoms with Gasteiger partial charge in [-0.25, -0.2) is 4.79 Å². The molecule has 0 spiro atoms. The van der Waals surface area contributed by atoms with Gasteiger partial charge in [-0.15, -0.1) is 0 Å². The second kappa shape index (κ2) is 6.28. The number of aliphatic hydroxyl groups is 1. The molecule has 0 fully saturated rings. The molecule has 0 bridgehead atoms. The lowest BCUT2D eigenvalue weighted by Crippen LogP contribution is -2.08. The van der Waals surface area contributed by atoms with Gasteiger partial charge in [-0.05, 0) is 30.5 Å². The Morgan fingerprint density at radius 1 is 1.44 bits per heavy atom. The van der Waals surface area contributed by atoms with Crippen molar-refractivity contribution in [2.75, 3.05) is 6.61 Å². The highest BCUT2D eigenvalue weighted by Gasteiger charge is 2.10. The van der Waals surface area contributed by atoms with E-state index >= 15 is 0 Å². The normalized spacial score (nSPS) is 10.2. The lowest BCUT2D eigenvalue weighted by molar-refractivity contribution is 0.0498. The summed E-state index contributed by atoms with van der Waals surface area (Å²) >= 11 is 0. The molecule has 0 aromatic heterocycles. The Hall–Kier alpha value is -1.35. The zero-order chi connectivity index (χ0) is 12.0. The number of carbonyl (C=O) groups is 1. The fourth-order valence-electron chi connectivity index (χ4n) is 1.37. The number of esters is 1. The van der Waals surface area contributed by atoms with Gasteiger partial charge in [0.25, 0.3) is 0 Å². The van der Waals surface area contributed by atoms with Crippen LogP contribution in [-0.4, -0.2) is 17.7 Å². The minimum Gasteiger partial charge on any atom is -0.462 e. The number of unbranched alkanes of at least 4 members (excludes halogenated alkanes) is 1. The number of ether oxygens (including phenoxy) is 1. The van der Waals surface area contributed by atoms with Crippen LogP contribution in [-0.2, 0) is 11.3 Å². The third-order valence-corrected chi connectivity index (χ3v) is 2.44. The predicted octanol–water partition coefficient (Wildman–Crippen LogP) is 2.44. The molecule has 0 radical (unpaired) electrons. The highest BCUT2D eigenvalue weighted by atomic mass is 16.5. The molecule has 88 valence electrons. The van der Waals surface area contributed by atoms with Gasteiger partial charge in [0.15, 0.2) is 0 Å². The Balaban J connectivity index is 2.73. The zero-order valence-electron chi connectivity index (χ0n) is 9.82. The van der Waals surface area contributed by atoms with Crippen molar-refractivity contribution in [3.63, 3.8) is 0 Å². The minimum absolute atomic E-state index is 0.0600. The smallest absolute Gasteiger partial charge is 0.338 e. The number of benzene rings is 1. The van der Waals surface area contributed by atoms with Crippen LogP contribution in [0.2, 0.25) is 0 Å². The molecule has 0 aliphatic rings. The van der Waals surface area contributed by atoms with Gasteiger partial charge in [-0.3, -0.25) is 0 Å². The SMILES string of the molecule is CCCCOC(=O)c1cc(CO)ccc1C. The summed E-state index contributed by atoms with van der Waals surface area (Å²) in [5.74, 6) is -0.304. The van der Waals surface area contributed by atoms with E-state index in [-0.39, 0.29) is 12.6 Å².